The van der Waals surface area contributed by atoms with Crippen molar-refractivity contribution in [2.45, 2.75) is 80.5 Å². The highest BCUT2D eigenvalue weighted by Gasteiger charge is 2.31. The van der Waals surface area contributed by atoms with Gasteiger partial charge in [-0.15, -0.1) is 0 Å². The molecular weight excluding hydrogens is 560 g/mol. The number of hydrogen-bond acceptors (Lipinski definition) is 5. The highest BCUT2D eigenvalue weighted by molar-refractivity contribution is 7.99. The zero-order valence-corrected chi connectivity index (χ0v) is 25.3. The number of rotatable bonds is 11. The van der Waals surface area contributed by atoms with Gasteiger partial charge in [0.25, 0.3) is 0 Å². The molecule has 2 N–H and O–H groups in total. The normalized spacial score (nSPS) is 16.7. The fourth-order valence-corrected chi connectivity index (χ4v) is 6.52. The van der Waals surface area contributed by atoms with Gasteiger partial charge in [0.2, 0.25) is 5.91 Å². The first-order chi connectivity index (χ1) is 19.8. The minimum Gasteiger partial charge on any atom is -0.478 e. The van der Waals surface area contributed by atoms with Crippen LogP contribution >= 0.6 is 23.4 Å². The minimum absolute atomic E-state index is 0.301. The second kappa shape index (κ2) is 17.2. The third-order valence-corrected chi connectivity index (χ3v) is 8.85. The van der Waals surface area contributed by atoms with Crippen molar-refractivity contribution < 1.29 is 24.6 Å². The molecule has 0 saturated carbocycles. The largest absolute Gasteiger partial charge is 0.478 e. The average molecular weight is 601 g/mol. The molecule has 222 valence electrons. The number of fused-ring (bicyclic) bond motifs is 2. The molecule has 2 aliphatic rings. The first-order valence-corrected chi connectivity index (χ1v) is 15.7. The monoisotopic (exact) mass is 600 g/mol. The highest BCUT2D eigenvalue weighted by Crippen LogP contribution is 2.43. The molecule has 2 heterocycles. The van der Waals surface area contributed by atoms with Crippen LogP contribution in [0.2, 0.25) is 5.02 Å². The van der Waals surface area contributed by atoms with Gasteiger partial charge >= 0.3 is 11.9 Å². The van der Waals surface area contributed by atoms with Crippen LogP contribution in [0.3, 0.4) is 0 Å². The Morgan fingerprint density at radius 1 is 0.878 bits per heavy atom. The Morgan fingerprint density at radius 3 is 2.17 bits per heavy atom. The summed E-state index contributed by atoms with van der Waals surface area (Å²) < 4.78 is 0. The van der Waals surface area contributed by atoms with E-state index < -0.39 is 11.9 Å². The van der Waals surface area contributed by atoms with Crippen LogP contribution in [0.4, 0.5) is 0 Å². The topological polar surface area (TPSA) is 98.2 Å². The molecule has 1 unspecified atom stereocenters. The summed E-state index contributed by atoms with van der Waals surface area (Å²) in [6, 6.07) is 15.4. The molecule has 4 rings (SSSR count). The molecule has 41 heavy (non-hydrogen) atoms. The Hall–Kier alpha value is -2.81. The van der Waals surface area contributed by atoms with Crippen LogP contribution < -0.4 is 0 Å². The third kappa shape index (κ3) is 10.8. The lowest BCUT2D eigenvalue weighted by Crippen LogP contribution is -2.50. The summed E-state index contributed by atoms with van der Waals surface area (Å²) in [5, 5.41) is 16.4. The van der Waals surface area contributed by atoms with E-state index in [1.807, 2.05) is 17.8 Å². The number of piperazine rings is 1. The number of carboxylic acid groups (broad SMARTS) is 2. The molecule has 0 aliphatic carbocycles. The lowest BCUT2D eigenvalue weighted by Gasteiger charge is -2.39. The molecule has 1 saturated heterocycles. The lowest BCUT2D eigenvalue weighted by atomic mass is 9.96. The number of carbonyl (C=O) groups excluding carboxylic acids is 1. The minimum atomic E-state index is -1.26. The zero-order valence-electron chi connectivity index (χ0n) is 23.8. The van der Waals surface area contributed by atoms with Gasteiger partial charge < -0.3 is 15.1 Å². The van der Waals surface area contributed by atoms with Crippen LogP contribution in [0.5, 0.6) is 0 Å². The van der Waals surface area contributed by atoms with Crippen LogP contribution in [-0.2, 0) is 20.8 Å². The summed E-state index contributed by atoms with van der Waals surface area (Å²) in [5.74, 6) is -2.17. The number of unbranched alkanes of at least 4 members (excludes halogenated alkanes) is 6. The van der Waals surface area contributed by atoms with Gasteiger partial charge in [-0.3, -0.25) is 9.69 Å². The Balaban J connectivity index is 0.000000507. The number of halogens is 1. The number of carbonyl (C=O) groups is 3. The summed E-state index contributed by atoms with van der Waals surface area (Å²) in [6.45, 7) is 5.76. The lowest BCUT2D eigenvalue weighted by molar-refractivity contribution is -0.134. The number of benzene rings is 2. The maximum atomic E-state index is 12.8. The van der Waals surface area contributed by atoms with E-state index in [0.29, 0.717) is 30.5 Å². The van der Waals surface area contributed by atoms with Gasteiger partial charge in [-0.1, -0.05) is 87.0 Å². The van der Waals surface area contributed by atoms with Gasteiger partial charge in [0.05, 0.1) is 0 Å². The smallest absolute Gasteiger partial charge is 0.328 e. The molecular formula is C32H41ClN2O5S. The number of hydrogen-bond donors (Lipinski definition) is 2. The van der Waals surface area contributed by atoms with Crippen LogP contribution in [0, 0.1) is 0 Å². The quantitative estimate of drug-likeness (QED) is 0.210. The molecule has 0 bridgehead atoms. The highest BCUT2D eigenvalue weighted by atomic mass is 35.5. The molecule has 1 fully saturated rings. The zero-order chi connectivity index (χ0) is 29.6. The predicted molar refractivity (Wildman–Crippen MR) is 164 cm³/mol. The second-order valence-corrected chi connectivity index (χ2v) is 11.9. The maximum Gasteiger partial charge on any atom is 0.328 e. The average Bonchev–Trinajstić information content (AvgIpc) is 3.12. The summed E-state index contributed by atoms with van der Waals surface area (Å²) in [4.78, 5) is 39.2. The summed E-state index contributed by atoms with van der Waals surface area (Å²) >= 11 is 8.28. The van der Waals surface area contributed by atoms with E-state index in [4.69, 9.17) is 21.8 Å². The van der Waals surface area contributed by atoms with E-state index >= 15 is 0 Å². The van der Waals surface area contributed by atoms with Crippen molar-refractivity contribution in [3.05, 3.63) is 70.8 Å². The fraction of sp³-hybridized carbons (Fsp3) is 0.469. The molecule has 2 aromatic carbocycles. The second-order valence-electron chi connectivity index (χ2n) is 10.4. The molecule has 1 amide bonds. The van der Waals surface area contributed by atoms with Crippen molar-refractivity contribution >= 4 is 41.2 Å². The number of nitrogens with zero attached hydrogens (tertiary/aromatic N) is 2. The van der Waals surface area contributed by atoms with Crippen molar-refractivity contribution in [3.63, 3.8) is 0 Å². The van der Waals surface area contributed by atoms with E-state index in [1.165, 1.54) is 59.4 Å². The van der Waals surface area contributed by atoms with Crippen LogP contribution in [-0.4, -0.2) is 64.0 Å². The van der Waals surface area contributed by atoms with Gasteiger partial charge in [0, 0.05) is 65.6 Å². The fourth-order valence-electron chi connectivity index (χ4n) is 5.22. The molecule has 2 aliphatic heterocycles. The predicted octanol–water partition coefficient (Wildman–Crippen LogP) is 7.09. The van der Waals surface area contributed by atoms with E-state index in [2.05, 4.69) is 53.1 Å². The van der Waals surface area contributed by atoms with E-state index in [9.17, 15) is 14.4 Å². The van der Waals surface area contributed by atoms with E-state index in [0.717, 1.165) is 44.0 Å². The van der Waals surface area contributed by atoms with Gasteiger partial charge in [-0.05, 0) is 48.2 Å². The summed E-state index contributed by atoms with van der Waals surface area (Å²) in [5.41, 5.74) is 2.73. The Bertz CT molecular complexity index is 1180. The van der Waals surface area contributed by atoms with Crippen LogP contribution in [0.25, 0.3) is 0 Å². The Morgan fingerprint density at radius 2 is 1.51 bits per heavy atom. The van der Waals surface area contributed by atoms with Crippen molar-refractivity contribution in [2.75, 3.05) is 26.2 Å². The van der Waals surface area contributed by atoms with Crippen molar-refractivity contribution in [1.82, 2.24) is 9.80 Å². The van der Waals surface area contributed by atoms with Gasteiger partial charge in [0.1, 0.15) is 0 Å². The molecule has 9 heteroatoms. The number of carboxylic acids is 2. The van der Waals surface area contributed by atoms with Crippen LogP contribution in [0.15, 0.2) is 64.4 Å². The molecule has 2 aromatic rings. The standard InChI is InChI=1S/C28H37ClN2OS.C4H4O4/c1-2-3-4-5-6-7-8-13-28(32)31-18-16-30(17-19-31)25-20-22-11-9-10-12-26(22)33-27-15-14-23(29)21-24(25)27;5-3(6)1-2-4(7)8/h9-12,14-15,21,25H,2-8,13,16-20H2,1H3;1-2H,(H,5,6)(H,7,8)/b;2-1+. The molecule has 0 radical (unpaired) electrons. The van der Waals surface area contributed by atoms with Gasteiger partial charge in [-0.25, -0.2) is 9.59 Å². The third-order valence-electron chi connectivity index (χ3n) is 7.41. The van der Waals surface area contributed by atoms with Crippen molar-refractivity contribution in [3.8, 4) is 0 Å². The van der Waals surface area contributed by atoms with Crippen molar-refractivity contribution in [1.29, 1.82) is 0 Å². The molecule has 0 aromatic heterocycles. The Kier molecular flexibility index (Phi) is 13.7. The van der Waals surface area contributed by atoms with E-state index in [1.54, 1.807) is 0 Å². The van der Waals surface area contributed by atoms with E-state index in [-0.39, 0.29) is 0 Å². The van der Waals surface area contributed by atoms with Crippen molar-refractivity contribution in [2.24, 2.45) is 0 Å². The van der Waals surface area contributed by atoms with Gasteiger partial charge in [0.15, 0.2) is 0 Å². The molecule has 0 spiro atoms. The van der Waals surface area contributed by atoms with Gasteiger partial charge in [-0.2, -0.15) is 0 Å². The SMILES string of the molecule is CCCCCCCCCC(=O)N1CCN(C2Cc3ccccc3Sc3ccc(Cl)cc32)CC1.O=C(O)/C=C/C(=O)O. The molecule has 1 atom stereocenters. The maximum absolute atomic E-state index is 12.8. The first-order valence-electron chi connectivity index (χ1n) is 14.5. The molecule has 7 nitrogen and oxygen atoms in total. The summed E-state index contributed by atoms with van der Waals surface area (Å²) in [6.07, 6.45) is 11.6. The van der Waals surface area contributed by atoms with Crippen LogP contribution in [0.1, 0.15) is 75.5 Å². The number of aliphatic carboxylic acids is 2. The summed E-state index contributed by atoms with van der Waals surface area (Å²) in [7, 11) is 0. The number of amides is 1. The Labute approximate surface area is 252 Å². The first kappa shape index (κ1) is 32.7.